The number of hydrogen-bond donors (Lipinski definition) is 1. The van der Waals surface area contributed by atoms with E-state index in [-0.39, 0.29) is 6.04 Å². The van der Waals surface area contributed by atoms with Gasteiger partial charge in [0.15, 0.2) is 0 Å². The molecule has 0 spiro atoms. The number of rotatable bonds is 4. The third kappa shape index (κ3) is 3.11. The van der Waals surface area contributed by atoms with Crippen LogP contribution in [0.5, 0.6) is 0 Å². The molecule has 0 saturated carbocycles. The molecule has 0 fully saturated rings. The summed E-state index contributed by atoms with van der Waals surface area (Å²) in [5.74, 6) is 1.78. The molecular weight excluding hydrogens is 230 g/mol. The van der Waals surface area contributed by atoms with Crippen molar-refractivity contribution in [1.82, 2.24) is 9.55 Å². The predicted molar refractivity (Wildman–Crippen MR) is 72.0 cm³/mol. The fourth-order valence-electron chi connectivity index (χ4n) is 1.70. The smallest absolute Gasteiger partial charge is 0.126 e. The van der Waals surface area contributed by atoms with Crippen LogP contribution in [0.15, 0.2) is 41.6 Å². The summed E-state index contributed by atoms with van der Waals surface area (Å²) in [7, 11) is 1.97. The summed E-state index contributed by atoms with van der Waals surface area (Å²) in [6, 6.07) is 8.44. The van der Waals surface area contributed by atoms with E-state index < -0.39 is 0 Å². The molecule has 3 nitrogen and oxygen atoms in total. The fraction of sp³-hybridized carbons (Fsp3) is 0.308. The first kappa shape index (κ1) is 12.2. The fourth-order valence-corrected chi connectivity index (χ4v) is 2.67. The van der Waals surface area contributed by atoms with Crippen LogP contribution in [0.3, 0.4) is 0 Å². The molecule has 1 heterocycles. The van der Waals surface area contributed by atoms with Crippen molar-refractivity contribution in [2.24, 2.45) is 12.8 Å². The predicted octanol–water partition coefficient (Wildman–Crippen LogP) is 2.52. The minimum absolute atomic E-state index is 0.0273. The lowest BCUT2D eigenvalue weighted by Gasteiger charge is -2.11. The minimum atomic E-state index is -0.0273. The van der Waals surface area contributed by atoms with Crippen LogP contribution in [0.25, 0.3) is 0 Å². The number of thioether (sulfide) groups is 1. The van der Waals surface area contributed by atoms with Crippen molar-refractivity contribution in [3.05, 3.63) is 48.0 Å². The summed E-state index contributed by atoms with van der Waals surface area (Å²) in [6.07, 6.45) is 3.71. The van der Waals surface area contributed by atoms with Crippen molar-refractivity contribution in [3.8, 4) is 0 Å². The highest BCUT2D eigenvalue weighted by Crippen LogP contribution is 2.23. The summed E-state index contributed by atoms with van der Waals surface area (Å²) in [5, 5.41) is 0. The maximum atomic E-state index is 6.12. The van der Waals surface area contributed by atoms with Crippen LogP contribution in [0.1, 0.15) is 17.4 Å². The van der Waals surface area contributed by atoms with Gasteiger partial charge in [0.2, 0.25) is 0 Å². The normalized spacial score (nSPS) is 12.6. The second-order valence-electron chi connectivity index (χ2n) is 4.13. The Labute approximate surface area is 106 Å². The molecule has 2 rings (SSSR count). The zero-order valence-corrected chi connectivity index (χ0v) is 10.9. The highest BCUT2D eigenvalue weighted by Gasteiger charge is 2.10. The summed E-state index contributed by atoms with van der Waals surface area (Å²) in [4.78, 5) is 5.53. The van der Waals surface area contributed by atoms with Crippen LogP contribution in [-0.4, -0.2) is 15.3 Å². The van der Waals surface area contributed by atoms with Crippen LogP contribution in [0.4, 0.5) is 0 Å². The van der Waals surface area contributed by atoms with Gasteiger partial charge in [-0.25, -0.2) is 4.98 Å². The number of aryl methyl sites for hydroxylation is 2. The first-order valence-electron chi connectivity index (χ1n) is 5.59. The number of hydrogen-bond acceptors (Lipinski definition) is 3. The second-order valence-corrected chi connectivity index (χ2v) is 5.22. The van der Waals surface area contributed by atoms with Crippen LogP contribution < -0.4 is 5.73 Å². The van der Waals surface area contributed by atoms with E-state index >= 15 is 0 Å². The van der Waals surface area contributed by atoms with E-state index in [0.717, 1.165) is 11.6 Å². The van der Waals surface area contributed by atoms with Gasteiger partial charge in [0, 0.05) is 30.1 Å². The molecule has 17 heavy (non-hydrogen) atoms. The largest absolute Gasteiger partial charge is 0.337 e. The summed E-state index contributed by atoms with van der Waals surface area (Å²) < 4.78 is 1.97. The molecule has 1 aromatic heterocycles. The zero-order valence-electron chi connectivity index (χ0n) is 10.1. The van der Waals surface area contributed by atoms with Gasteiger partial charge in [0.25, 0.3) is 0 Å². The van der Waals surface area contributed by atoms with Gasteiger partial charge < -0.3 is 10.3 Å². The number of imidazole rings is 1. The summed E-state index contributed by atoms with van der Waals surface area (Å²) in [6.45, 7) is 2.10. The van der Waals surface area contributed by atoms with Gasteiger partial charge in [-0.1, -0.05) is 17.7 Å². The van der Waals surface area contributed by atoms with E-state index in [0.29, 0.717) is 0 Å². The van der Waals surface area contributed by atoms with Crippen molar-refractivity contribution < 1.29 is 0 Å². The molecule has 1 atom stereocenters. The molecule has 0 saturated heterocycles. The molecule has 0 bridgehead atoms. The standard InChI is InChI=1S/C13H17N3S/c1-10-4-3-5-11(8-10)17-9-12(14)13-15-6-7-16(13)2/h3-8,12H,9,14H2,1-2H3. The van der Waals surface area contributed by atoms with Gasteiger partial charge in [-0.2, -0.15) is 0 Å². The van der Waals surface area contributed by atoms with Gasteiger partial charge in [-0.3, -0.25) is 0 Å². The molecule has 4 heteroatoms. The van der Waals surface area contributed by atoms with Crippen molar-refractivity contribution in [2.45, 2.75) is 17.9 Å². The average molecular weight is 247 g/mol. The second kappa shape index (κ2) is 5.38. The third-order valence-electron chi connectivity index (χ3n) is 2.61. The van der Waals surface area contributed by atoms with Gasteiger partial charge in [0.1, 0.15) is 5.82 Å². The zero-order chi connectivity index (χ0) is 12.3. The van der Waals surface area contributed by atoms with Gasteiger partial charge in [-0.05, 0) is 19.1 Å². The Balaban J connectivity index is 1.97. The van der Waals surface area contributed by atoms with E-state index in [1.807, 2.05) is 17.8 Å². The minimum Gasteiger partial charge on any atom is -0.337 e. The van der Waals surface area contributed by atoms with Crippen molar-refractivity contribution >= 4 is 11.8 Å². The topological polar surface area (TPSA) is 43.8 Å². The summed E-state index contributed by atoms with van der Waals surface area (Å²) in [5.41, 5.74) is 7.40. The van der Waals surface area contributed by atoms with E-state index in [4.69, 9.17) is 5.73 Å². The summed E-state index contributed by atoms with van der Waals surface area (Å²) >= 11 is 1.77. The average Bonchev–Trinajstić information content (AvgIpc) is 2.72. The van der Waals surface area contributed by atoms with Crippen molar-refractivity contribution in [2.75, 3.05) is 5.75 Å². The van der Waals surface area contributed by atoms with Crippen LogP contribution in [-0.2, 0) is 7.05 Å². The number of aromatic nitrogens is 2. The number of nitrogens with zero attached hydrogens (tertiary/aromatic N) is 2. The molecule has 2 N–H and O–H groups in total. The Hall–Kier alpha value is -1.26. The van der Waals surface area contributed by atoms with E-state index in [9.17, 15) is 0 Å². The first-order valence-corrected chi connectivity index (χ1v) is 6.57. The van der Waals surface area contributed by atoms with Crippen LogP contribution in [0.2, 0.25) is 0 Å². The highest BCUT2D eigenvalue weighted by atomic mass is 32.2. The molecule has 90 valence electrons. The molecule has 1 unspecified atom stereocenters. The Morgan fingerprint density at radius 2 is 2.29 bits per heavy atom. The monoisotopic (exact) mass is 247 g/mol. The molecule has 0 aliphatic heterocycles. The molecule has 0 aliphatic rings. The Bertz CT molecular complexity index is 493. The molecular formula is C13H17N3S. The van der Waals surface area contributed by atoms with Crippen molar-refractivity contribution in [1.29, 1.82) is 0 Å². The van der Waals surface area contributed by atoms with Crippen LogP contribution in [0, 0.1) is 6.92 Å². The number of nitrogens with two attached hydrogens (primary N) is 1. The maximum Gasteiger partial charge on any atom is 0.126 e. The van der Waals surface area contributed by atoms with Gasteiger partial charge in [-0.15, -0.1) is 11.8 Å². The SMILES string of the molecule is Cc1cccc(SCC(N)c2nccn2C)c1. The van der Waals surface area contributed by atoms with E-state index in [2.05, 4.69) is 36.2 Å². The maximum absolute atomic E-state index is 6.12. The molecule has 1 aromatic carbocycles. The van der Waals surface area contributed by atoms with E-state index in [1.54, 1.807) is 18.0 Å². The van der Waals surface area contributed by atoms with E-state index in [1.165, 1.54) is 10.5 Å². The lowest BCUT2D eigenvalue weighted by atomic mass is 10.2. The molecule has 2 aromatic rings. The molecule has 0 amide bonds. The highest BCUT2D eigenvalue weighted by molar-refractivity contribution is 7.99. The molecule has 0 aliphatic carbocycles. The van der Waals surface area contributed by atoms with Gasteiger partial charge >= 0.3 is 0 Å². The lowest BCUT2D eigenvalue weighted by molar-refractivity contribution is 0.694. The Morgan fingerprint density at radius 3 is 2.94 bits per heavy atom. The Kier molecular flexibility index (Phi) is 3.86. The van der Waals surface area contributed by atoms with Crippen molar-refractivity contribution in [3.63, 3.8) is 0 Å². The lowest BCUT2D eigenvalue weighted by Crippen LogP contribution is -2.17. The van der Waals surface area contributed by atoms with Crippen LogP contribution >= 0.6 is 11.8 Å². The number of benzene rings is 1. The quantitative estimate of drug-likeness (QED) is 0.844. The molecule has 0 radical (unpaired) electrons. The third-order valence-corrected chi connectivity index (χ3v) is 3.72. The van der Waals surface area contributed by atoms with Gasteiger partial charge in [0.05, 0.1) is 6.04 Å². The first-order chi connectivity index (χ1) is 8.16. The Morgan fingerprint density at radius 1 is 1.47 bits per heavy atom.